The molecule has 1 rings (SSSR count). The van der Waals surface area contributed by atoms with Crippen LogP contribution in [-0.4, -0.2) is 29.5 Å². The minimum absolute atomic E-state index is 0.0935. The van der Waals surface area contributed by atoms with Crippen molar-refractivity contribution in [2.75, 3.05) is 18.6 Å². The number of methoxy groups -OCH3 is 1. The molecule has 1 aromatic carbocycles. The van der Waals surface area contributed by atoms with E-state index in [1.807, 2.05) is 0 Å². The van der Waals surface area contributed by atoms with Gasteiger partial charge in [-0.25, -0.2) is 0 Å². The molecule has 17 heavy (non-hydrogen) atoms. The third-order valence-electron chi connectivity index (χ3n) is 2.13. The van der Waals surface area contributed by atoms with E-state index in [1.165, 1.54) is 31.0 Å². The smallest absolute Gasteiger partial charge is 0.315 e. The van der Waals surface area contributed by atoms with E-state index in [0.717, 1.165) is 17.7 Å². The van der Waals surface area contributed by atoms with Gasteiger partial charge >= 0.3 is 5.97 Å². The maximum Gasteiger partial charge on any atom is 0.315 e. The van der Waals surface area contributed by atoms with Crippen LogP contribution >= 0.6 is 11.8 Å². The first-order chi connectivity index (χ1) is 8.13. The van der Waals surface area contributed by atoms with Gasteiger partial charge in [0.05, 0.1) is 17.8 Å². The molecule has 1 aromatic rings. The Morgan fingerprint density at radius 2 is 2.06 bits per heavy atom. The van der Waals surface area contributed by atoms with Crippen molar-refractivity contribution in [3.8, 4) is 0 Å². The van der Waals surface area contributed by atoms with Gasteiger partial charge in [0.25, 0.3) is 5.69 Å². The van der Waals surface area contributed by atoms with E-state index in [-0.39, 0.29) is 11.7 Å². The van der Waals surface area contributed by atoms with Crippen LogP contribution in [0.15, 0.2) is 24.3 Å². The molecular formula is C11H13NO4S. The molecule has 0 unspecified atom stereocenters. The van der Waals surface area contributed by atoms with Crippen LogP contribution in [0.25, 0.3) is 0 Å². The van der Waals surface area contributed by atoms with Crippen molar-refractivity contribution in [2.24, 2.45) is 0 Å². The molecule has 0 saturated heterocycles. The monoisotopic (exact) mass is 255 g/mol. The Kier molecular flexibility index (Phi) is 5.48. The van der Waals surface area contributed by atoms with E-state index in [4.69, 9.17) is 0 Å². The average molecular weight is 255 g/mol. The zero-order valence-corrected chi connectivity index (χ0v) is 10.2. The molecule has 0 aliphatic carbocycles. The van der Waals surface area contributed by atoms with Crippen LogP contribution in [0.1, 0.15) is 5.56 Å². The van der Waals surface area contributed by atoms with Crippen LogP contribution in [-0.2, 0) is 16.0 Å². The number of nitro benzene ring substituents is 1. The Morgan fingerprint density at radius 3 is 2.59 bits per heavy atom. The van der Waals surface area contributed by atoms with Crippen molar-refractivity contribution in [1.82, 2.24) is 0 Å². The molecule has 0 spiro atoms. The van der Waals surface area contributed by atoms with Crippen molar-refractivity contribution in [3.63, 3.8) is 0 Å². The summed E-state index contributed by atoms with van der Waals surface area (Å²) in [7, 11) is 1.36. The highest BCUT2D eigenvalue weighted by molar-refractivity contribution is 7.99. The Labute approximate surface area is 103 Å². The molecular weight excluding hydrogens is 242 g/mol. The van der Waals surface area contributed by atoms with Crippen molar-refractivity contribution >= 4 is 23.4 Å². The van der Waals surface area contributed by atoms with Crippen LogP contribution in [0.5, 0.6) is 0 Å². The SMILES string of the molecule is COC(=O)CSCCc1ccc([N+](=O)[O-])cc1. The fraction of sp³-hybridized carbons (Fsp3) is 0.364. The summed E-state index contributed by atoms with van der Waals surface area (Å²) in [6, 6.07) is 6.44. The number of rotatable bonds is 6. The second-order valence-electron chi connectivity index (χ2n) is 3.30. The fourth-order valence-electron chi connectivity index (χ4n) is 1.19. The molecule has 92 valence electrons. The first-order valence-electron chi connectivity index (χ1n) is 5.01. The summed E-state index contributed by atoms with van der Waals surface area (Å²) in [5.74, 6) is 0.884. The first-order valence-corrected chi connectivity index (χ1v) is 6.17. The number of hydrogen-bond acceptors (Lipinski definition) is 5. The highest BCUT2D eigenvalue weighted by atomic mass is 32.2. The number of thioether (sulfide) groups is 1. The maximum atomic E-state index is 10.8. The van der Waals surface area contributed by atoms with Crippen LogP contribution in [0.4, 0.5) is 5.69 Å². The van der Waals surface area contributed by atoms with Gasteiger partial charge in [-0.1, -0.05) is 12.1 Å². The largest absolute Gasteiger partial charge is 0.468 e. The van der Waals surface area contributed by atoms with Crippen molar-refractivity contribution in [1.29, 1.82) is 0 Å². The van der Waals surface area contributed by atoms with Gasteiger partial charge in [-0.15, -0.1) is 11.8 Å². The third kappa shape index (κ3) is 4.86. The van der Waals surface area contributed by atoms with Gasteiger partial charge < -0.3 is 4.74 Å². The van der Waals surface area contributed by atoms with Gasteiger partial charge in [-0.05, 0) is 17.7 Å². The number of carbonyl (C=O) groups excluding carboxylic acids is 1. The Balaban J connectivity index is 2.32. The maximum absolute atomic E-state index is 10.8. The quantitative estimate of drug-likeness (QED) is 0.337. The summed E-state index contributed by atoms with van der Waals surface area (Å²) in [4.78, 5) is 20.8. The number of aryl methyl sites for hydroxylation is 1. The summed E-state index contributed by atoms with van der Waals surface area (Å²) in [5, 5.41) is 10.4. The van der Waals surface area contributed by atoms with Crippen molar-refractivity contribution < 1.29 is 14.5 Å². The number of non-ortho nitro benzene ring substituents is 1. The van der Waals surface area contributed by atoms with E-state index in [0.29, 0.717) is 5.75 Å². The van der Waals surface area contributed by atoms with Gasteiger partial charge in [-0.3, -0.25) is 14.9 Å². The van der Waals surface area contributed by atoms with Crippen LogP contribution in [0.2, 0.25) is 0 Å². The first kappa shape index (κ1) is 13.5. The molecule has 0 N–H and O–H groups in total. The highest BCUT2D eigenvalue weighted by Crippen LogP contribution is 2.13. The Bertz CT molecular complexity index is 391. The van der Waals surface area contributed by atoms with Gasteiger partial charge in [-0.2, -0.15) is 0 Å². The number of benzene rings is 1. The second-order valence-corrected chi connectivity index (χ2v) is 4.41. The third-order valence-corrected chi connectivity index (χ3v) is 3.06. The minimum Gasteiger partial charge on any atom is -0.468 e. The van der Waals surface area contributed by atoms with E-state index >= 15 is 0 Å². The van der Waals surface area contributed by atoms with Gasteiger partial charge in [0.15, 0.2) is 0 Å². The van der Waals surface area contributed by atoms with Crippen LogP contribution < -0.4 is 0 Å². The lowest BCUT2D eigenvalue weighted by molar-refractivity contribution is -0.384. The van der Waals surface area contributed by atoms with E-state index < -0.39 is 4.92 Å². The van der Waals surface area contributed by atoms with Crippen LogP contribution in [0.3, 0.4) is 0 Å². The lowest BCUT2D eigenvalue weighted by Gasteiger charge is -2.01. The molecule has 0 fully saturated rings. The second kappa shape index (κ2) is 6.90. The van der Waals surface area contributed by atoms with Gasteiger partial charge in [0, 0.05) is 12.1 Å². The molecule has 0 radical (unpaired) electrons. The van der Waals surface area contributed by atoms with E-state index in [2.05, 4.69) is 4.74 Å². The summed E-state index contributed by atoms with van der Waals surface area (Å²) in [5.41, 5.74) is 1.11. The number of hydrogen-bond donors (Lipinski definition) is 0. The standard InChI is InChI=1S/C11H13NO4S/c1-16-11(13)8-17-7-6-9-2-4-10(5-3-9)12(14)15/h2-5H,6-8H2,1H3. The summed E-state index contributed by atoms with van der Waals surface area (Å²) < 4.78 is 4.51. The summed E-state index contributed by atoms with van der Waals surface area (Å²) in [6.07, 6.45) is 0.777. The molecule has 0 saturated carbocycles. The highest BCUT2D eigenvalue weighted by Gasteiger charge is 2.04. The molecule has 0 aliphatic rings. The molecule has 0 bridgehead atoms. The van der Waals surface area contributed by atoms with Crippen molar-refractivity contribution in [2.45, 2.75) is 6.42 Å². The number of carbonyl (C=O) groups is 1. The zero-order valence-electron chi connectivity index (χ0n) is 9.42. The molecule has 5 nitrogen and oxygen atoms in total. The number of nitro groups is 1. The predicted molar refractivity (Wildman–Crippen MR) is 66.1 cm³/mol. The van der Waals surface area contributed by atoms with E-state index in [1.54, 1.807) is 12.1 Å². The van der Waals surface area contributed by atoms with Crippen LogP contribution in [0, 0.1) is 10.1 Å². The molecule has 0 aromatic heterocycles. The van der Waals surface area contributed by atoms with E-state index in [9.17, 15) is 14.9 Å². The zero-order chi connectivity index (χ0) is 12.7. The lowest BCUT2D eigenvalue weighted by Crippen LogP contribution is -2.04. The molecule has 0 amide bonds. The fourth-order valence-corrected chi connectivity index (χ4v) is 2.00. The Morgan fingerprint density at radius 1 is 1.41 bits per heavy atom. The normalized spacial score (nSPS) is 9.94. The minimum atomic E-state index is -0.421. The van der Waals surface area contributed by atoms with Gasteiger partial charge in [0.2, 0.25) is 0 Å². The van der Waals surface area contributed by atoms with Gasteiger partial charge in [0.1, 0.15) is 0 Å². The number of esters is 1. The predicted octanol–water partition coefficient (Wildman–Crippen LogP) is 2.04. The topological polar surface area (TPSA) is 69.4 Å². The molecule has 0 heterocycles. The number of nitrogens with zero attached hydrogens (tertiary/aromatic N) is 1. The molecule has 0 atom stereocenters. The Hall–Kier alpha value is -1.56. The number of ether oxygens (including phenoxy) is 1. The molecule has 6 heteroatoms. The summed E-state index contributed by atoms with van der Waals surface area (Å²) >= 11 is 1.48. The lowest BCUT2D eigenvalue weighted by atomic mass is 10.1. The average Bonchev–Trinajstić information content (AvgIpc) is 2.34. The van der Waals surface area contributed by atoms with Crippen molar-refractivity contribution in [3.05, 3.63) is 39.9 Å². The molecule has 0 aliphatic heterocycles. The summed E-state index contributed by atoms with van der Waals surface area (Å²) in [6.45, 7) is 0.